The van der Waals surface area contributed by atoms with Gasteiger partial charge < -0.3 is 10.1 Å². The number of hydrogen-bond donors (Lipinski definition) is 1. The van der Waals surface area contributed by atoms with Gasteiger partial charge in [0.2, 0.25) is 0 Å². The van der Waals surface area contributed by atoms with E-state index < -0.39 is 0 Å². The maximum Gasteiger partial charge on any atom is 0.118 e. The minimum Gasteiger partial charge on any atom is -0.497 e. The average Bonchev–Trinajstić information content (AvgIpc) is 2.44. The molecule has 2 aromatic rings. The molecule has 1 aromatic carbocycles. The van der Waals surface area contributed by atoms with Crippen molar-refractivity contribution in [1.29, 1.82) is 0 Å². The van der Waals surface area contributed by atoms with Gasteiger partial charge in [0.05, 0.1) is 12.8 Å². The van der Waals surface area contributed by atoms with Crippen LogP contribution in [-0.4, -0.2) is 18.1 Å². The van der Waals surface area contributed by atoms with Crippen LogP contribution in [0.4, 0.5) is 5.69 Å². The van der Waals surface area contributed by atoms with Gasteiger partial charge >= 0.3 is 0 Å². The molecule has 0 radical (unpaired) electrons. The van der Waals surface area contributed by atoms with E-state index in [4.69, 9.17) is 4.74 Å². The first-order chi connectivity index (χ1) is 9.35. The van der Waals surface area contributed by atoms with Crippen LogP contribution >= 0.6 is 0 Å². The monoisotopic (exact) mass is 254 g/mol. The summed E-state index contributed by atoms with van der Waals surface area (Å²) in [7, 11) is 1.70. The predicted molar refractivity (Wildman–Crippen MR) is 76.6 cm³/mol. The Bertz CT molecular complexity index is 518. The normalized spacial score (nSPS) is 21.5. The number of pyridine rings is 1. The molecule has 1 aliphatic rings. The van der Waals surface area contributed by atoms with Gasteiger partial charge in [0.15, 0.2) is 0 Å². The van der Waals surface area contributed by atoms with E-state index in [2.05, 4.69) is 28.5 Å². The maximum atomic E-state index is 5.18. The summed E-state index contributed by atoms with van der Waals surface area (Å²) in [6, 6.07) is 13.0. The molecule has 0 spiro atoms. The lowest BCUT2D eigenvalue weighted by Gasteiger charge is -2.36. The third-order valence-corrected chi connectivity index (χ3v) is 3.76. The second-order valence-corrected chi connectivity index (χ2v) is 5.02. The molecule has 3 rings (SSSR count). The lowest BCUT2D eigenvalue weighted by molar-refractivity contribution is 0.373. The first-order valence-corrected chi connectivity index (χ1v) is 6.65. The second-order valence-electron chi connectivity index (χ2n) is 5.02. The van der Waals surface area contributed by atoms with E-state index in [1.54, 1.807) is 13.3 Å². The van der Waals surface area contributed by atoms with E-state index in [0.29, 0.717) is 12.0 Å². The summed E-state index contributed by atoms with van der Waals surface area (Å²) >= 11 is 0. The Morgan fingerprint density at radius 1 is 1.16 bits per heavy atom. The molecule has 0 bridgehead atoms. The van der Waals surface area contributed by atoms with Gasteiger partial charge in [-0.2, -0.15) is 0 Å². The third kappa shape index (κ3) is 2.70. The number of anilines is 1. The Kier molecular flexibility index (Phi) is 3.36. The highest BCUT2D eigenvalue weighted by atomic mass is 16.5. The summed E-state index contributed by atoms with van der Waals surface area (Å²) in [6.07, 6.45) is 6.04. The smallest absolute Gasteiger partial charge is 0.118 e. The summed E-state index contributed by atoms with van der Waals surface area (Å²) in [5.74, 6) is 1.59. The van der Waals surface area contributed by atoms with E-state index >= 15 is 0 Å². The van der Waals surface area contributed by atoms with Gasteiger partial charge in [-0.05, 0) is 48.6 Å². The number of nitrogens with zero attached hydrogens (tertiary/aromatic N) is 1. The van der Waals surface area contributed by atoms with Crippen molar-refractivity contribution in [1.82, 2.24) is 4.98 Å². The Balaban J connectivity index is 1.54. The van der Waals surface area contributed by atoms with Gasteiger partial charge in [-0.25, -0.2) is 0 Å². The zero-order valence-corrected chi connectivity index (χ0v) is 11.0. The standard InChI is InChI=1S/C16H18N2O/c1-19-16-6-4-12(5-7-16)13-9-15(10-13)18-14-3-2-8-17-11-14/h2-8,11,13,15,18H,9-10H2,1H3. The van der Waals surface area contributed by atoms with E-state index in [-0.39, 0.29) is 0 Å². The lowest BCUT2D eigenvalue weighted by Crippen LogP contribution is -2.33. The van der Waals surface area contributed by atoms with E-state index in [0.717, 1.165) is 11.4 Å². The molecule has 1 aromatic heterocycles. The molecule has 19 heavy (non-hydrogen) atoms. The number of hydrogen-bond acceptors (Lipinski definition) is 3. The molecule has 1 aliphatic carbocycles. The Labute approximate surface area is 113 Å². The SMILES string of the molecule is COc1ccc(C2CC(Nc3cccnc3)C2)cc1. The summed E-state index contributed by atoms with van der Waals surface area (Å²) in [4.78, 5) is 4.12. The van der Waals surface area contributed by atoms with Crippen molar-refractivity contribution in [3.05, 3.63) is 54.4 Å². The van der Waals surface area contributed by atoms with Crippen molar-refractivity contribution >= 4 is 5.69 Å². The fourth-order valence-corrected chi connectivity index (χ4v) is 2.57. The number of nitrogens with one attached hydrogen (secondary N) is 1. The molecule has 3 heteroatoms. The zero-order valence-electron chi connectivity index (χ0n) is 11.0. The van der Waals surface area contributed by atoms with Gasteiger partial charge in [-0.1, -0.05) is 12.1 Å². The molecule has 1 N–H and O–H groups in total. The van der Waals surface area contributed by atoms with Crippen LogP contribution in [0.2, 0.25) is 0 Å². The summed E-state index contributed by atoms with van der Waals surface area (Å²) < 4.78 is 5.18. The van der Waals surface area contributed by atoms with E-state index in [1.807, 2.05) is 24.4 Å². The molecule has 0 atom stereocenters. The average molecular weight is 254 g/mol. The van der Waals surface area contributed by atoms with Crippen LogP contribution in [0.3, 0.4) is 0 Å². The van der Waals surface area contributed by atoms with Crippen molar-refractivity contribution in [2.75, 3.05) is 12.4 Å². The fraction of sp³-hybridized carbons (Fsp3) is 0.312. The topological polar surface area (TPSA) is 34.1 Å². The lowest BCUT2D eigenvalue weighted by atomic mass is 9.76. The van der Waals surface area contributed by atoms with Crippen LogP contribution in [0.5, 0.6) is 5.75 Å². The van der Waals surface area contributed by atoms with Gasteiger partial charge in [-0.15, -0.1) is 0 Å². The molecular weight excluding hydrogens is 236 g/mol. The van der Waals surface area contributed by atoms with Crippen LogP contribution < -0.4 is 10.1 Å². The zero-order chi connectivity index (χ0) is 13.1. The van der Waals surface area contributed by atoms with Crippen molar-refractivity contribution in [2.24, 2.45) is 0 Å². The van der Waals surface area contributed by atoms with Crippen molar-refractivity contribution in [3.8, 4) is 5.75 Å². The van der Waals surface area contributed by atoms with Crippen LogP contribution in [0, 0.1) is 0 Å². The van der Waals surface area contributed by atoms with Crippen molar-refractivity contribution in [2.45, 2.75) is 24.8 Å². The molecule has 1 saturated carbocycles. The first kappa shape index (κ1) is 12.0. The number of methoxy groups -OCH3 is 1. The van der Waals surface area contributed by atoms with Gasteiger partial charge in [0.1, 0.15) is 5.75 Å². The maximum absolute atomic E-state index is 5.18. The van der Waals surface area contributed by atoms with Gasteiger partial charge in [0.25, 0.3) is 0 Å². The Hall–Kier alpha value is -2.03. The minimum atomic E-state index is 0.566. The molecule has 1 heterocycles. The largest absolute Gasteiger partial charge is 0.497 e. The second kappa shape index (κ2) is 5.31. The molecule has 98 valence electrons. The first-order valence-electron chi connectivity index (χ1n) is 6.65. The highest BCUT2D eigenvalue weighted by molar-refractivity contribution is 5.42. The number of rotatable bonds is 4. The third-order valence-electron chi connectivity index (χ3n) is 3.76. The minimum absolute atomic E-state index is 0.566. The number of ether oxygens (including phenoxy) is 1. The number of benzene rings is 1. The molecule has 3 nitrogen and oxygen atoms in total. The summed E-state index contributed by atoms with van der Waals surface area (Å²) in [5.41, 5.74) is 2.52. The van der Waals surface area contributed by atoms with Crippen LogP contribution in [-0.2, 0) is 0 Å². The number of aromatic nitrogens is 1. The molecule has 0 saturated heterocycles. The van der Waals surface area contributed by atoms with Crippen molar-refractivity contribution in [3.63, 3.8) is 0 Å². The van der Waals surface area contributed by atoms with Crippen LogP contribution in [0.15, 0.2) is 48.8 Å². The fourth-order valence-electron chi connectivity index (χ4n) is 2.57. The van der Waals surface area contributed by atoms with Gasteiger partial charge in [-0.3, -0.25) is 4.98 Å². The van der Waals surface area contributed by atoms with Crippen molar-refractivity contribution < 1.29 is 4.74 Å². The highest BCUT2D eigenvalue weighted by Crippen LogP contribution is 2.38. The van der Waals surface area contributed by atoms with E-state index in [1.165, 1.54) is 18.4 Å². The summed E-state index contributed by atoms with van der Waals surface area (Å²) in [5, 5.41) is 3.51. The Morgan fingerprint density at radius 3 is 2.58 bits per heavy atom. The highest BCUT2D eigenvalue weighted by Gasteiger charge is 2.30. The molecule has 0 aliphatic heterocycles. The van der Waals surface area contributed by atoms with Crippen LogP contribution in [0.1, 0.15) is 24.3 Å². The van der Waals surface area contributed by atoms with Crippen LogP contribution in [0.25, 0.3) is 0 Å². The molecule has 0 amide bonds. The molecular formula is C16H18N2O. The Morgan fingerprint density at radius 2 is 1.95 bits per heavy atom. The summed E-state index contributed by atoms with van der Waals surface area (Å²) in [6.45, 7) is 0. The molecule has 0 unspecified atom stereocenters. The molecule has 1 fully saturated rings. The van der Waals surface area contributed by atoms with E-state index in [9.17, 15) is 0 Å². The van der Waals surface area contributed by atoms with Gasteiger partial charge in [0, 0.05) is 18.4 Å². The quantitative estimate of drug-likeness (QED) is 0.907. The predicted octanol–water partition coefficient (Wildman–Crippen LogP) is 3.45.